The Morgan fingerprint density at radius 1 is 1.40 bits per heavy atom. The van der Waals surface area contributed by atoms with Gasteiger partial charge in [0.2, 0.25) is 0 Å². The molecule has 1 aromatic rings. The van der Waals surface area contributed by atoms with Crippen LogP contribution < -0.4 is 4.90 Å². The smallest absolute Gasteiger partial charge is 0.0687 e. The fourth-order valence-corrected chi connectivity index (χ4v) is 3.21. The van der Waals surface area contributed by atoms with E-state index in [1.165, 1.54) is 0 Å². The lowest BCUT2D eigenvalue weighted by Crippen LogP contribution is -2.20. The van der Waals surface area contributed by atoms with E-state index in [9.17, 15) is 0 Å². The Morgan fingerprint density at radius 2 is 2.07 bits per heavy atom. The predicted molar refractivity (Wildman–Crippen MR) is 65.6 cm³/mol. The molecule has 0 amide bonds. The lowest BCUT2D eigenvalue weighted by atomic mass is 10.1. The van der Waals surface area contributed by atoms with Crippen LogP contribution in [0.1, 0.15) is 6.42 Å². The van der Waals surface area contributed by atoms with E-state index in [1.807, 2.05) is 0 Å². The Balaban J connectivity index is 2.28. The van der Waals surface area contributed by atoms with Crippen LogP contribution in [0.15, 0.2) is 21.3 Å². The van der Waals surface area contributed by atoms with Crippen molar-refractivity contribution >= 4 is 37.5 Å². The van der Waals surface area contributed by atoms with Crippen molar-refractivity contribution < 1.29 is 0 Å². The molecular weight excluding hydrogens is 322 g/mol. The van der Waals surface area contributed by atoms with Crippen LogP contribution in [0.25, 0.3) is 0 Å². The first kappa shape index (κ1) is 10.9. The van der Waals surface area contributed by atoms with E-state index in [-0.39, 0.29) is 5.92 Å². The third-order valence-corrected chi connectivity index (χ3v) is 3.68. The largest absolute Gasteiger partial charge is 0.368 e. The number of hydrogen-bond acceptors (Lipinski definition) is 3. The standard InChI is InChI=1S/C10H9Br2N3/c11-8-4-14-5-9(12)10(8)15-2-1-7(3-13)6-15/h4-5,7H,1-2,6H2. The molecule has 1 saturated heterocycles. The average molecular weight is 331 g/mol. The highest BCUT2D eigenvalue weighted by Crippen LogP contribution is 2.35. The van der Waals surface area contributed by atoms with Crippen molar-refractivity contribution in [1.29, 1.82) is 5.26 Å². The summed E-state index contributed by atoms with van der Waals surface area (Å²) in [5, 5.41) is 8.86. The van der Waals surface area contributed by atoms with Crippen LogP contribution in [0.4, 0.5) is 5.69 Å². The van der Waals surface area contributed by atoms with Crippen LogP contribution >= 0.6 is 31.9 Å². The molecule has 1 aliphatic rings. The number of aromatic nitrogens is 1. The minimum Gasteiger partial charge on any atom is -0.368 e. The molecule has 1 aromatic heterocycles. The fraction of sp³-hybridized carbons (Fsp3) is 0.400. The van der Waals surface area contributed by atoms with E-state index in [1.54, 1.807) is 12.4 Å². The quantitative estimate of drug-likeness (QED) is 0.794. The summed E-state index contributed by atoms with van der Waals surface area (Å²) < 4.78 is 1.94. The fourth-order valence-electron chi connectivity index (χ4n) is 1.78. The molecule has 3 nitrogen and oxygen atoms in total. The Labute approximate surface area is 105 Å². The molecule has 0 aliphatic carbocycles. The molecular formula is C10H9Br2N3. The van der Waals surface area contributed by atoms with E-state index in [0.29, 0.717) is 0 Å². The number of nitriles is 1. The molecule has 5 heteroatoms. The summed E-state index contributed by atoms with van der Waals surface area (Å²) in [5.74, 6) is 0.150. The molecule has 15 heavy (non-hydrogen) atoms. The number of anilines is 1. The van der Waals surface area contributed by atoms with Crippen LogP contribution in [-0.2, 0) is 0 Å². The van der Waals surface area contributed by atoms with Crippen molar-refractivity contribution in [2.24, 2.45) is 5.92 Å². The van der Waals surface area contributed by atoms with Gasteiger partial charge in [-0.2, -0.15) is 5.26 Å². The highest BCUT2D eigenvalue weighted by Gasteiger charge is 2.25. The average Bonchev–Trinajstić information content (AvgIpc) is 2.66. The maximum absolute atomic E-state index is 8.86. The maximum Gasteiger partial charge on any atom is 0.0687 e. The zero-order valence-corrected chi connectivity index (χ0v) is 11.1. The summed E-state index contributed by atoms with van der Waals surface area (Å²) in [4.78, 5) is 6.28. The van der Waals surface area contributed by atoms with Crippen LogP contribution in [0.2, 0.25) is 0 Å². The molecule has 0 aromatic carbocycles. The highest BCUT2D eigenvalue weighted by molar-refractivity contribution is 9.11. The molecule has 2 heterocycles. The Bertz CT molecular complexity index is 393. The molecule has 2 rings (SSSR count). The summed E-state index contributed by atoms with van der Waals surface area (Å²) in [6.45, 7) is 1.73. The van der Waals surface area contributed by atoms with Gasteiger partial charge in [-0.3, -0.25) is 4.98 Å². The minimum atomic E-state index is 0.150. The molecule has 0 bridgehead atoms. The number of hydrogen-bond donors (Lipinski definition) is 0. The molecule has 0 radical (unpaired) electrons. The second-order valence-electron chi connectivity index (χ2n) is 3.51. The highest BCUT2D eigenvalue weighted by atomic mass is 79.9. The lowest BCUT2D eigenvalue weighted by molar-refractivity contribution is 0.754. The maximum atomic E-state index is 8.86. The molecule has 1 aliphatic heterocycles. The molecule has 0 saturated carbocycles. The first-order valence-corrected chi connectivity index (χ1v) is 6.24. The van der Waals surface area contributed by atoms with Crippen molar-refractivity contribution in [2.45, 2.75) is 6.42 Å². The van der Waals surface area contributed by atoms with Crippen molar-refractivity contribution in [2.75, 3.05) is 18.0 Å². The van der Waals surface area contributed by atoms with E-state index in [4.69, 9.17) is 5.26 Å². The number of pyridine rings is 1. The third kappa shape index (κ3) is 2.16. The van der Waals surface area contributed by atoms with Crippen molar-refractivity contribution in [3.63, 3.8) is 0 Å². The first-order chi connectivity index (χ1) is 7.22. The summed E-state index contributed by atoms with van der Waals surface area (Å²) in [7, 11) is 0. The Morgan fingerprint density at radius 3 is 2.60 bits per heavy atom. The summed E-state index contributed by atoms with van der Waals surface area (Å²) >= 11 is 6.96. The van der Waals surface area contributed by atoms with Gasteiger partial charge in [-0.15, -0.1) is 0 Å². The second kappa shape index (κ2) is 4.50. The van der Waals surface area contributed by atoms with Gasteiger partial charge in [-0.05, 0) is 38.3 Å². The molecule has 1 fully saturated rings. The van der Waals surface area contributed by atoms with Crippen LogP contribution in [0, 0.1) is 17.2 Å². The topological polar surface area (TPSA) is 39.9 Å². The van der Waals surface area contributed by atoms with Gasteiger partial charge in [-0.1, -0.05) is 0 Å². The van der Waals surface area contributed by atoms with Gasteiger partial charge in [0, 0.05) is 25.5 Å². The zero-order valence-electron chi connectivity index (χ0n) is 7.95. The van der Waals surface area contributed by atoms with Crippen LogP contribution in [0.5, 0.6) is 0 Å². The molecule has 78 valence electrons. The lowest BCUT2D eigenvalue weighted by Gasteiger charge is -2.20. The van der Waals surface area contributed by atoms with Gasteiger partial charge in [0.25, 0.3) is 0 Å². The monoisotopic (exact) mass is 329 g/mol. The summed E-state index contributed by atoms with van der Waals surface area (Å²) in [5.41, 5.74) is 1.10. The first-order valence-electron chi connectivity index (χ1n) is 4.66. The van der Waals surface area contributed by atoms with Crippen LogP contribution in [0.3, 0.4) is 0 Å². The van der Waals surface area contributed by atoms with E-state index < -0.39 is 0 Å². The number of rotatable bonds is 1. The zero-order chi connectivity index (χ0) is 10.8. The van der Waals surface area contributed by atoms with Crippen molar-refractivity contribution in [3.05, 3.63) is 21.3 Å². The predicted octanol–water partition coefficient (Wildman–Crippen LogP) is 2.96. The number of nitrogens with zero attached hydrogens (tertiary/aromatic N) is 3. The summed E-state index contributed by atoms with van der Waals surface area (Å²) in [6, 6.07) is 2.31. The van der Waals surface area contributed by atoms with Gasteiger partial charge in [-0.25, -0.2) is 0 Å². The Kier molecular flexibility index (Phi) is 3.27. The SMILES string of the molecule is N#CC1CCN(c2c(Br)cncc2Br)C1. The molecule has 1 atom stereocenters. The van der Waals surface area contributed by atoms with Gasteiger partial charge in [0.15, 0.2) is 0 Å². The normalized spacial score (nSPS) is 20.3. The third-order valence-electron chi connectivity index (χ3n) is 2.52. The van der Waals surface area contributed by atoms with Gasteiger partial charge >= 0.3 is 0 Å². The minimum absolute atomic E-state index is 0.150. The molecule has 0 spiro atoms. The molecule has 0 N–H and O–H groups in total. The van der Waals surface area contributed by atoms with Crippen LogP contribution in [-0.4, -0.2) is 18.1 Å². The number of halogens is 2. The van der Waals surface area contributed by atoms with Gasteiger partial charge in [0.05, 0.1) is 26.6 Å². The summed E-state index contributed by atoms with van der Waals surface area (Å²) in [6.07, 6.45) is 4.50. The van der Waals surface area contributed by atoms with E-state index in [0.717, 1.165) is 34.1 Å². The van der Waals surface area contributed by atoms with E-state index >= 15 is 0 Å². The van der Waals surface area contributed by atoms with Crippen molar-refractivity contribution in [1.82, 2.24) is 4.98 Å². The van der Waals surface area contributed by atoms with Gasteiger partial charge in [0.1, 0.15) is 0 Å². The van der Waals surface area contributed by atoms with Crippen molar-refractivity contribution in [3.8, 4) is 6.07 Å². The van der Waals surface area contributed by atoms with E-state index in [2.05, 4.69) is 47.8 Å². The second-order valence-corrected chi connectivity index (χ2v) is 5.22. The van der Waals surface area contributed by atoms with Gasteiger partial charge < -0.3 is 4.90 Å². The molecule has 1 unspecified atom stereocenters. The Hall–Kier alpha value is -0.600.